The van der Waals surface area contributed by atoms with E-state index in [2.05, 4.69) is 4.90 Å². The molecule has 37 heavy (non-hydrogen) atoms. The highest BCUT2D eigenvalue weighted by Crippen LogP contribution is 2.53. The fraction of sp³-hybridized carbons (Fsp3) is 0.607. The van der Waals surface area contributed by atoms with Gasteiger partial charge >= 0.3 is 0 Å². The molecule has 0 radical (unpaired) electrons. The third kappa shape index (κ3) is 3.77. The van der Waals surface area contributed by atoms with Crippen molar-refractivity contribution < 1.29 is 34.2 Å². The summed E-state index contributed by atoms with van der Waals surface area (Å²) in [6.07, 6.45) is 3.80. The Bertz CT molecular complexity index is 1200. The third-order valence-corrected chi connectivity index (χ3v) is 9.14. The minimum absolute atomic E-state index is 0.0670. The zero-order valence-electron chi connectivity index (χ0n) is 21.2. The van der Waals surface area contributed by atoms with E-state index in [1.165, 1.54) is 12.5 Å². The van der Waals surface area contributed by atoms with Crippen molar-refractivity contribution in [1.82, 2.24) is 4.90 Å². The largest absolute Gasteiger partial charge is 0.507 e. The summed E-state index contributed by atoms with van der Waals surface area (Å²) in [5.41, 5.74) is 4.39. The van der Waals surface area contributed by atoms with E-state index >= 15 is 0 Å². The number of Topliss-reactive ketones (excluding diaryl/α,β-unsaturated/α-hetero) is 4. The van der Waals surface area contributed by atoms with Gasteiger partial charge in [0.15, 0.2) is 34.7 Å². The second-order valence-electron chi connectivity index (χ2n) is 11.6. The van der Waals surface area contributed by atoms with Crippen LogP contribution in [0.15, 0.2) is 12.1 Å². The Balaban J connectivity index is 1.58. The fourth-order valence-electron chi connectivity index (χ4n) is 7.43. The summed E-state index contributed by atoms with van der Waals surface area (Å²) in [4.78, 5) is 68.6. The summed E-state index contributed by atoms with van der Waals surface area (Å²) in [6, 6.07) is 3.28. The zero-order chi connectivity index (χ0) is 26.8. The van der Waals surface area contributed by atoms with Crippen LogP contribution >= 0.6 is 0 Å². The van der Waals surface area contributed by atoms with E-state index in [-0.39, 0.29) is 23.7 Å². The van der Waals surface area contributed by atoms with E-state index in [0.29, 0.717) is 18.5 Å². The van der Waals surface area contributed by atoms with Crippen molar-refractivity contribution in [2.45, 2.75) is 58.1 Å². The first kappa shape index (κ1) is 25.7. The maximum atomic E-state index is 13.9. The lowest BCUT2D eigenvalue weighted by Gasteiger charge is -2.52. The average Bonchev–Trinajstić information content (AvgIpc) is 2.83. The monoisotopic (exact) mass is 510 g/mol. The summed E-state index contributed by atoms with van der Waals surface area (Å²) >= 11 is 0. The molecule has 1 amide bonds. The Morgan fingerprint density at radius 3 is 2.41 bits per heavy atom. The minimum Gasteiger partial charge on any atom is -0.507 e. The Hall–Kier alpha value is -2.91. The van der Waals surface area contributed by atoms with Crippen LogP contribution in [0.25, 0.3) is 0 Å². The molecule has 0 bridgehead atoms. The highest BCUT2D eigenvalue weighted by Gasteiger charge is 2.69. The van der Waals surface area contributed by atoms with E-state index in [1.807, 2.05) is 6.07 Å². The van der Waals surface area contributed by atoms with Gasteiger partial charge in [0.25, 0.3) is 0 Å². The number of fused-ring (bicyclic) bond motifs is 3. The van der Waals surface area contributed by atoms with Crippen LogP contribution in [0.1, 0.15) is 61.0 Å². The summed E-state index contributed by atoms with van der Waals surface area (Å²) in [5.74, 6) is -11.1. The molecule has 5 rings (SSSR count). The number of likely N-dealkylation sites (tertiary alicyclic amines) is 1. The zero-order valence-corrected chi connectivity index (χ0v) is 21.2. The number of hydrogen-bond donors (Lipinski definition) is 3. The Morgan fingerprint density at radius 2 is 1.78 bits per heavy atom. The lowest BCUT2D eigenvalue weighted by atomic mass is 9.49. The Morgan fingerprint density at radius 1 is 1.11 bits per heavy atom. The maximum Gasteiger partial charge on any atom is 0.235 e. The number of carbonyl (C=O) groups excluding carboxylic acids is 5. The van der Waals surface area contributed by atoms with Crippen molar-refractivity contribution in [3.8, 4) is 5.75 Å². The van der Waals surface area contributed by atoms with Crippen LogP contribution in [0.2, 0.25) is 0 Å². The second kappa shape index (κ2) is 9.13. The highest BCUT2D eigenvalue weighted by atomic mass is 16.3. The molecule has 6 atom stereocenters. The molecule has 3 fully saturated rings. The van der Waals surface area contributed by atoms with Gasteiger partial charge in [0.1, 0.15) is 5.75 Å². The highest BCUT2D eigenvalue weighted by molar-refractivity contribution is 6.31. The number of amides is 1. The number of nitrogens with two attached hydrogens (primary N) is 1. The quantitative estimate of drug-likeness (QED) is 0.510. The number of benzene rings is 1. The first-order chi connectivity index (χ1) is 17.5. The Kier molecular flexibility index (Phi) is 6.35. The van der Waals surface area contributed by atoms with Crippen molar-refractivity contribution in [2.24, 2.45) is 41.2 Å². The third-order valence-electron chi connectivity index (χ3n) is 9.14. The van der Waals surface area contributed by atoms with Gasteiger partial charge in [0, 0.05) is 18.4 Å². The topological polar surface area (TPSA) is 155 Å². The SMILES string of the molecule is CC(C)[C@@H]1C(=O)C(C(N)=O)C(=O)[C@@]2(O)C(=O)C3C(=O)c4c(O)ccc(CN5CCCCC5)c4C[C@H]3C[C@@H]12. The number of rotatable bonds is 4. The number of phenolic OH excluding ortho intramolecular Hbond substituents is 1. The smallest absolute Gasteiger partial charge is 0.235 e. The van der Waals surface area contributed by atoms with E-state index in [1.54, 1.807) is 13.8 Å². The lowest BCUT2D eigenvalue weighted by Crippen LogP contribution is -2.71. The normalized spacial score (nSPS) is 34.2. The number of ketones is 4. The number of aliphatic hydroxyl groups is 1. The first-order valence-corrected chi connectivity index (χ1v) is 13.2. The van der Waals surface area contributed by atoms with E-state index in [4.69, 9.17) is 5.73 Å². The number of aromatic hydroxyl groups is 1. The first-order valence-electron chi connectivity index (χ1n) is 13.2. The molecule has 2 saturated carbocycles. The number of hydrogen-bond acceptors (Lipinski definition) is 8. The lowest BCUT2D eigenvalue weighted by molar-refractivity contribution is -0.182. The number of primary amides is 1. The van der Waals surface area contributed by atoms with Gasteiger partial charge in [-0.05, 0) is 67.8 Å². The van der Waals surface area contributed by atoms with Gasteiger partial charge < -0.3 is 15.9 Å². The molecule has 4 N–H and O–H groups in total. The predicted octanol–water partition coefficient (Wildman–Crippen LogP) is 1.19. The molecule has 1 aliphatic heterocycles. The Labute approximate surface area is 215 Å². The maximum absolute atomic E-state index is 13.9. The second-order valence-corrected chi connectivity index (χ2v) is 11.6. The summed E-state index contributed by atoms with van der Waals surface area (Å²) in [6.45, 7) is 6.00. The predicted molar refractivity (Wildman–Crippen MR) is 131 cm³/mol. The summed E-state index contributed by atoms with van der Waals surface area (Å²) in [7, 11) is 0. The molecule has 1 heterocycles. The van der Waals surface area contributed by atoms with Crippen LogP contribution in [0.5, 0.6) is 5.75 Å². The van der Waals surface area contributed by atoms with Gasteiger partial charge in [-0.2, -0.15) is 0 Å². The van der Waals surface area contributed by atoms with Gasteiger partial charge in [0.05, 0.1) is 11.5 Å². The van der Waals surface area contributed by atoms with Crippen molar-refractivity contribution in [2.75, 3.05) is 13.1 Å². The molecule has 4 aliphatic rings. The molecule has 9 heteroatoms. The van der Waals surface area contributed by atoms with Gasteiger partial charge in [-0.15, -0.1) is 0 Å². The number of carbonyl (C=O) groups is 5. The van der Waals surface area contributed by atoms with Crippen LogP contribution in [-0.2, 0) is 32.1 Å². The van der Waals surface area contributed by atoms with Crippen LogP contribution < -0.4 is 5.73 Å². The molecular weight excluding hydrogens is 476 g/mol. The summed E-state index contributed by atoms with van der Waals surface area (Å²) < 4.78 is 0. The molecule has 0 spiro atoms. The van der Waals surface area contributed by atoms with Gasteiger partial charge in [-0.3, -0.25) is 28.9 Å². The molecule has 1 aromatic rings. The van der Waals surface area contributed by atoms with Crippen LogP contribution in [0, 0.1) is 35.5 Å². The molecular formula is C28H34N2O7. The molecule has 1 aromatic carbocycles. The van der Waals surface area contributed by atoms with Crippen molar-refractivity contribution >= 4 is 29.0 Å². The van der Waals surface area contributed by atoms with E-state index < -0.39 is 64.2 Å². The van der Waals surface area contributed by atoms with Crippen molar-refractivity contribution in [3.05, 3.63) is 28.8 Å². The number of piperidine rings is 1. The van der Waals surface area contributed by atoms with E-state index in [0.717, 1.165) is 31.5 Å². The molecule has 9 nitrogen and oxygen atoms in total. The van der Waals surface area contributed by atoms with Crippen LogP contribution in [-0.4, -0.2) is 62.8 Å². The van der Waals surface area contributed by atoms with Gasteiger partial charge in [-0.25, -0.2) is 0 Å². The average molecular weight is 511 g/mol. The number of nitrogens with zero attached hydrogens (tertiary/aromatic N) is 1. The number of phenols is 1. The van der Waals surface area contributed by atoms with Crippen molar-refractivity contribution in [1.29, 1.82) is 0 Å². The van der Waals surface area contributed by atoms with Crippen LogP contribution in [0.4, 0.5) is 0 Å². The molecule has 2 unspecified atom stereocenters. The molecule has 198 valence electrons. The van der Waals surface area contributed by atoms with Crippen LogP contribution in [0.3, 0.4) is 0 Å². The van der Waals surface area contributed by atoms with Crippen molar-refractivity contribution in [3.63, 3.8) is 0 Å². The molecule has 0 aromatic heterocycles. The fourth-order valence-corrected chi connectivity index (χ4v) is 7.43. The standard InChI is InChI=1S/C28H34N2O7/c1-13(2)19-17-11-15-10-16-14(12-30-8-4-3-5-9-30)6-7-18(31)21(16)24(33)20(15)25(34)28(17,37)26(35)22(23(19)32)27(29)36/h6-7,13,15,17,19-20,22,31,37H,3-5,8-12H2,1-2H3,(H2,29,36)/t15-,17-,19-,20?,22?,28-/m0/s1. The molecule has 3 aliphatic carbocycles. The minimum atomic E-state index is -2.65. The molecule has 1 saturated heterocycles. The van der Waals surface area contributed by atoms with Gasteiger partial charge in [-0.1, -0.05) is 26.3 Å². The van der Waals surface area contributed by atoms with Gasteiger partial charge in [0.2, 0.25) is 5.91 Å². The van der Waals surface area contributed by atoms with E-state index in [9.17, 15) is 34.2 Å². The summed E-state index contributed by atoms with van der Waals surface area (Å²) in [5, 5.41) is 22.3.